The lowest BCUT2D eigenvalue weighted by Crippen LogP contribution is -2.57. The van der Waals surface area contributed by atoms with E-state index in [1.54, 1.807) is 19.2 Å². The number of allylic oxidation sites excluding steroid dienone is 1. The number of ether oxygens (including phenoxy) is 2. The second-order valence-corrected chi connectivity index (χ2v) is 15.3. The van der Waals surface area contributed by atoms with E-state index in [0.29, 0.717) is 41.8 Å². The molecule has 1 aromatic heterocycles. The Morgan fingerprint density at radius 2 is 1.92 bits per heavy atom. The number of fused-ring (bicyclic) bond motifs is 3. The van der Waals surface area contributed by atoms with E-state index in [4.69, 9.17) is 13.9 Å². The van der Waals surface area contributed by atoms with Crippen molar-refractivity contribution in [2.24, 2.45) is 5.92 Å². The molecule has 0 spiro atoms. The number of benzene rings is 2. The molecule has 13 nitrogen and oxygen atoms in total. The summed E-state index contributed by atoms with van der Waals surface area (Å²) < 4.78 is 45.1. The molecule has 2 aliphatic carbocycles. The van der Waals surface area contributed by atoms with Gasteiger partial charge in [0, 0.05) is 24.1 Å². The number of hydrogen-bond acceptors (Lipinski definition) is 10. The maximum absolute atomic E-state index is 14.5. The highest BCUT2D eigenvalue weighted by Gasteiger charge is 2.62. The van der Waals surface area contributed by atoms with Crippen molar-refractivity contribution in [2.75, 3.05) is 19.0 Å². The lowest BCUT2D eigenvalue weighted by atomic mass is 10.0. The van der Waals surface area contributed by atoms with Crippen molar-refractivity contribution in [3.63, 3.8) is 0 Å². The lowest BCUT2D eigenvalue weighted by molar-refractivity contribution is -0.140. The predicted octanol–water partition coefficient (Wildman–Crippen LogP) is 3.67. The van der Waals surface area contributed by atoms with E-state index in [0.717, 1.165) is 25.7 Å². The molecule has 3 amide bonds. The highest BCUT2D eigenvalue weighted by molar-refractivity contribution is 7.91. The van der Waals surface area contributed by atoms with Gasteiger partial charge in [-0.15, -0.1) is 0 Å². The summed E-state index contributed by atoms with van der Waals surface area (Å²) in [5, 5.41) is 5.68. The van der Waals surface area contributed by atoms with Crippen LogP contribution in [-0.2, 0) is 24.4 Å². The van der Waals surface area contributed by atoms with Gasteiger partial charge >= 0.3 is 6.08 Å². The Morgan fingerprint density at radius 3 is 2.71 bits per heavy atom. The number of sulfonamides is 1. The number of rotatable bonds is 8. The molecule has 3 aromatic rings. The zero-order valence-electron chi connectivity index (χ0n) is 27.3. The SMILES string of the molecule is COc1cccc(N[C@H]2CCCCC/C=C\[C@H]3C[C@@]3(C(=O)NS(=O)(=O)C3CC3)NC(=O)[C@@H]3C[C@@H](Oc4nc5ccccc5o4)CN3C2=O)c1. The number of nitrogens with zero attached hydrogens (tertiary/aromatic N) is 2. The Kier molecular flexibility index (Phi) is 8.99. The minimum atomic E-state index is -3.85. The van der Waals surface area contributed by atoms with Gasteiger partial charge in [0.05, 0.1) is 18.9 Å². The minimum absolute atomic E-state index is 0.0291. The van der Waals surface area contributed by atoms with Crippen molar-refractivity contribution in [2.45, 2.75) is 86.8 Å². The van der Waals surface area contributed by atoms with Crippen LogP contribution in [0.4, 0.5) is 5.69 Å². The van der Waals surface area contributed by atoms with Crippen LogP contribution >= 0.6 is 0 Å². The predicted molar refractivity (Wildman–Crippen MR) is 180 cm³/mol. The summed E-state index contributed by atoms with van der Waals surface area (Å²) in [5.41, 5.74) is 0.417. The van der Waals surface area contributed by atoms with Gasteiger partial charge in [-0.1, -0.05) is 43.2 Å². The molecular weight excluding hydrogens is 650 g/mol. The molecule has 7 rings (SSSR count). The number of carbonyl (C=O) groups excluding carboxylic acids is 3. The number of hydrogen-bond donors (Lipinski definition) is 3. The minimum Gasteiger partial charge on any atom is -0.497 e. The summed E-state index contributed by atoms with van der Waals surface area (Å²) in [5.74, 6) is -1.34. The number of nitrogens with one attached hydrogen (secondary N) is 3. The smallest absolute Gasteiger partial charge is 0.394 e. The van der Waals surface area contributed by atoms with Crippen LogP contribution in [0.5, 0.6) is 11.8 Å². The maximum atomic E-state index is 14.5. The van der Waals surface area contributed by atoms with Crippen molar-refractivity contribution in [3.8, 4) is 11.8 Å². The first kappa shape index (κ1) is 32.9. The van der Waals surface area contributed by atoms with E-state index in [1.807, 2.05) is 48.6 Å². The van der Waals surface area contributed by atoms with Gasteiger partial charge < -0.3 is 29.4 Å². The van der Waals surface area contributed by atoms with Crippen LogP contribution in [0.15, 0.2) is 65.1 Å². The summed E-state index contributed by atoms with van der Waals surface area (Å²) in [6.07, 6.45) is 8.43. The Balaban J connectivity index is 1.18. The largest absolute Gasteiger partial charge is 0.497 e. The zero-order valence-corrected chi connectivity index (χ0v) is 28.1. The topological polar surface area (TPSA) is 169 Å². The van der Waals surface area contributed by atoms with Gasteiger partial charge in [0.25, 0.3) is 5.91 Å². The number of methoxy groups -OCH3 is 1. The molecular formula is C35H41N5O8S. The average molecular weight is 692 g/mol. The number of para-hydroxylation sites is 2. The van der Waals surface area contributed by atoms with E-state index in [2.05, 4.69) is 20.3 Å². The fourth-order valence-corrected chi connectivity index (χ4v) is 8.17. The van der Waals surface area contributed by atoms with Crippen LogP contribution in [0.3, 0.4) is 0 Å². The number of anilines is 1. The van der Waals surface area contributed by atoms with Crippen molar-refractivity contribution >= 4 is 44.5 Å². The molecule has 5 atom stereocenters. The molecule has 0 radical (unpaired) electrons. The van der Waals surface area contributed by atoms with Crippen LogP contribution in [0.25, 0.3) is 11.1 Å². The van der Waals surface area contributed by atoms with Gasteiger partial charge in [0.1, 0.15) is 35.0 Å². The van der Waals surface area contributed by atoms with Gasteiger partial charge in [-0.05, 0) is 62.8 Å². The highest BCUT2D eigenvalue weighted by Crippen LogP contribution is 2.46. The van der Waals surface area contributed by atoms with Crippen LogP contribution in [0.2, 0.25) is 0 Å². The van der Waals surface area contributed by atoms with Crippen LogP contribution < -0.4 is 24.8 Å². The van der Waals surface area contributed by atoms with Gasteiger partial charge in [-0.2, -0.15) is 4.98 Å². The van der Waals surface area contributed by atoms with Crippen molar-refractivity contribution < 1.29 is 36.7 Å². The Hall–Kier alpha value is -4.59. The summed E-state index contributed by atoms with van der Waals surface area (Å²) in [7, 11) is -2.27. The second kappa shape index (κ2) is 13.4. The first-order valence-corrected chi connectivity index (χ1v) is 18.5. The molecule has 1 saturated heterocycles. The molecule has 3 N–H and O–H groups in total. The third-order valence-corrected chi connectivity index (χ3v) is 11.6. The van der Waals surface area contributed by atoms with E-state index in [1.165, 1.54) is 4.90 Å². The second-order valence-electron chi connectivity index (χ2n) is 13.4. The van der Waals surface area contributed by atoms with E-state index in [9.17, 15) is 22.8 Å². The fraction of sp³-hybridized carbons (Fsp3) is 0.486. The van der Waals surface area contributed by atoms with E-state index < -0.39 is 50.8 Å². The molecule has 2 aliphatic heterocycles. The standard InChI is InChI=1S/C35H41N5O8S/c1-46-24-12-9-11-23(18-24)36-28-14-6-4-2-3-5-10-22-20-35(22,33(43)39-49(44,45)26-16-17-26)38-31(41)29-19-25(21-40(29)32(28)42)47-34-37-27-13-7-8-15-30(27)48-34/h5,7-13,15,18,22,25-26,28-29,36H,2-4,6,14,16-17,19-21H2,1H3,(H,38,41)(H,39,43)/b10-5-/t22-,25+,28-,29-,35+/m0/s1. The normalized spacial score (nSPS) is 28.3. The Morgan fingerprint density at radius 1 is 1.08 bits per heavy atom. The quantitative estimate of drug-likeness (QED) is 0.297. The molecule has 4 aliphatic rings. The number of oxazole rings is 1. The monoisotopic (exact) mass is 691 g/mol. The maximum Gasteiger partial charge on any atom is 0.394 e. The van der Waals surface area contributed by atoms with Gasteiger partial charge in [0.15, 0.2) is 5.58 Å². The number of amides is 3. The highest BCUT2D eigenvalue weighted by atomic mass is 32.2. The van der Waals surface area contributed by atoms with Gasteiger partial charge in [0.2, 0.25) is 21.8 Å². The van der Waals surface area contributed by atoms with Crippen molar-refractivity contribution in [1.82, 2.24) is 19.9 Å². The summed E-state index contributed by atoms with van der Waals surface area (Å²) >= 11 is 0. The summed E-state index contributed by atoms with van der Waals surface area (Å²) in [6.45, 7) is 0.0739. The van der Waals surface area contributed by atoms with Crippen LogP contribution in [0, 0.1) is 5.92 Å². The molecule has 0 unspecified atom stereocenters. The van der Waals surface area contributed by atoms with Gasteiger partial charge in [-0.25, -0.2) is 8.42 Å². The third kappa shape index (κ3) is 7.10. The summed E-state index contributed by atoms with van der Waals surface area (Å²) in [6, 6.07) is 12.9. The van der Waals surface area contributed by atoms with E-state index >= 15 is 0 Å². The molecule has 3 heterocycles. The molecule has 0 bridgehead atoms. The van der Waals surface area contributed by atoms with E-state index in [-0.39, 0.29) is 37.3 Å². The molecule has 2 aromatic carbocycles. The lowest BCUT2D eigenvalue weighted by Gasteiger charge is -2.30. The molecule has 260 valence electrons. The third-order valence-electron chi connectivity index (χ3n) is 9.80. The Bertz CT molecular complexity index is 1840. The number of aromatic nitrogens is 1. The van der Waals surface area contributed by atoms with Crippen LogP contribution in [-0.4, -0.2) is 78.7 Å². The number of carbonyl (C=O) groups is 3. The van der Waals surface area contributed by atoms with Crippen LogP contribution in [0.1, 0.15) is 57.8 Å². The first-order valence-electron chi connectivity index (χ1n) is 16.9. The molecule has 3 fully saturated rings. The van der Waals surface area contributed by atoms with Crippen molar-refractivity contribution in [3.05, 3.63) is 60.7 Å². The molecule has 49 heavy (non-hydrogen) atoms. The average Bonchev–Trinajstić information content (AvgIpc) is 3.98. The molecule has 2 saturated carbocycles. The fourth-order valence-electron chi connectivity index (χ4n) is 6.81. The molecule has 14 heteroatoms. The summed E-state index contributed by atoms with van der Waals surface area (Å²) in [4.78, 5) is 48.2. The Labute approximate surface area is 284 Å². The zero-order chi connectivity index (χ0) is 34.2. The van der Waals surface area contributed by atoms with Gasteiger partial charge in [-0.3, -0.25) is 19.1 Å². The first-order chi connectivity index (χ1) is 23.6. The van der Waals surface area contributed by atoms with Crippen molar-refractivity contribution in [1.29, 1.82) is 0 Å².